The van der Waals surface area contributed by atoms with Crippen molar-refractivity contribution in [1.82, 2.24) is 14.8 Å². The highest BCUT2D eigenvalue weighted by Crippen LogP contribution is 2.34. The van der Waals surface area contributed by atoms with Gasteiger partial charge in [-0.05, 0) is 41.9 Å². The quantitative estimate of drug-likeness (QED) is 0.722. The molecule has 2 heterocycles. The van der Waals surface area contributed by atoms with E-state index < -0.39 is 5.60 Å². The molecule has 3 rings (SSSR count). The molecule has 0 amide bonds. The van der Waals surface area contributed by atoms with Crippen molar-refractivity contribution in [2.45, 2.75) is 19.4 Å². The standard InChI is InChI=1S/C16H15BrClN3O/c1-16(2,22)12-5-4-9(6-13(12)18)14-11-7-10(17)8-19-15(11)21(3)20-14/h4-8,22H,1-3H3. The molecular formula is C16H15BrClN3O. The van der Waals surface area contributed by atoms with Gasteiger partial charge in [-0.3, -0.25) is 0 Å². The molecule has 2 aromatic heterocycles. The van der Waals surface area contributed by atoms with Crippen molar-refractivity contribution in [3.05, 3.63) is 45.5 Å². The van der Waals surface area contributed by atoms with Gasteiger partial charge in [0.2, 0.25) is 0 Å². The zero-order chi connectivity index (χ0) is 16.1. The molecule has 0 aliphatic carbocycles. The normalized spacial score (nSPS) is 12.1. The van der Waals surface area contributed by atoms with Crippen molar-refractivity contribution in [2.24, 2.45) is 7.05 Å². The number of aromatic nitrogens is 3. The van der Waals surface area contributed by atoms with Crippen molar-refractivity contribution in [1.29, 1.82) is 0 Å². The van der Waals surface area contributed by atoms with Crippen LogP contribution in [0.5, 0.6) is 0 Å². The molecule has 1 aromatic carbocycles. The third kappa shape index (κ3) is 2.64. The van der Waals surface area contributed by atoms with Crippen LogP contribution in [-0.2, 0) is 12.6 Å². The molecular weight excluding hydrogens is 366 g/mol. The predicted molar refractivity (Wildman–Crippen MR) is 91.9 cm³/mol. The Morgan fingerprint density at radius 2 is 2.00 bits per heavy atom. The molecule has 0 unspecified atom stereocenters. The molecule has 3 aromatic rings. The van der Waals surface area contributed by atoms with E-state index in [-0.39, 0.29) is 0 Å². The lowest BCUT2D eigenvalue weighted by molar-refractivity contribution is 0.0787. The fourth-order valence-electron chi connectivity index (χ4n) is 2.49. The van der Waals surface area contributed by atoms with Gasteiger partial charge in [0.1, 0.15) is 5.69 Å². The summed E-state index contributed by atoms with van der Waals surface area (Å²) in [6.45, 7) is 3.43. The highest BCUT2D eigenvalue weighted by molar-refractivity contribution is 9.10. The number of hydrogen-bond donors (Lipinski definition) is 1. The topological polar surface area (TPSA) is 50.9 Å². The second-order valence-electron chi connectivity index (χ2n) is 5.75. The molecule has 114 valence electrons. The van der Waals surface area contributed by atoms with Crippen LogP contribution in [0.4, 0.5) is 0 Å². The van der Waals surface area contributed by atoms with Gasteiger partial charge >= 0.3 is 0 Å². The number of aryl methyl sites for hydroxylation is 1. The lowest BCUT2D eigenvalue weighted by Crippen LogP contribution is -2.15. The summed E-state index contributed by atoms with van der Waals surface area (Å²) in [6, 6.07) is 7.57. The molecule has 0 spiro atoms. The number of aliphatic hydroxyl groups is 1. The van der Waals surface area contributed by atoms with E-state index in [0.29, 0.717) is 10.6 Å². The van der Waals surface area contributed by atoms with Crippen LogP contribution < -0.4 is 0 Å². The first-order valence-electron chi connectivity index (χ1n) is 6.78. The summed E-state index contributed by atoms with van der Waals surface area (Å²) in [4.78, 5) is 4.39. The van der Waals surface area contributed by atoms with Crippen LogP contribution in [-0.4, -0.2) is 19.9 Å². The van der Waals surface area contributed by atoms with Crippen molar-refractivity contribution in [3.8, 4) is 11.3 Å². The molecule has 0 atom stereocenters. The Labute approximate surface area is 141 Å². The summed E-state index contributed by atoms with van der Waals surface area (Å²) in [5.41, 5.74) is 2.23. The molecule has 0 radical (unpaired) electrons. The predicted octanol–water partition coefficient (Wildman–Crippen LogP) is 4.28. The smallest absolute Gasteiger partial charge is 0.158 e. The highest BCUT2D eigenvalue weighted by Gasteiger charge is 2.21. The Morgan fingerprint density at radius 3 is 2.64 bits per heavy atom. The van der Waals surface area contributed by atoms with E-state index in [1.54, 1.807) is 24.7 Å². The third-order valence-electron chi connectivity index (χ3n) is 3.55. The monoisotopic (exact) mass is 379 g/mol. The maximum Gasteiger partial charge on any atom is 0.158 e. The summed E-state index contributed by atoms with van der Waals surface area (Å²) < 4.78 is 2.64. The first-order valence-corrected chi connectivity index (χ1v) is 7.95. The number of halogens is 2. The van der Waals surface area contributed by atoms with E-state index in [4.69, 9.17) is 11.6 Å². The van der Waals surface area contributed by atoms with E-state index >= 15 is 0 Å². The number of pyridine rings is 1. The van der Waals surface area contributed by atoms with Crippen molar-refractivity contribution >= 4 is 38.6 Å². The van der Waals surface area contributed by atoms with Gasteiger partial charge in [-0.25, -0.2) is 9.67 Å². The lowest BCUT2D eigenvalue weighted by Gasteiger charge is -2.19. The number of benzene rings is 1. The van der Waals surface area contributed by atoms with Crippen LogP contribution >= 0.6 is 27.5 Å². The van der Waals surface area contributed by atoms with Gasteiger partial charge < -0.3 is 5.11 Å². The Kier molecular flexibility index (Phi) is 3.75. The molecule has 0 bridgehead atoms. The van der Waals surface area contributed by atoms with Crippen LogP contribution in [0.25, 0.3) is 22.3 Å². The van der Waals surface area contributed by atoms with Crippen LogP contribution in [0, 0.1) is 0 Å². The first kappa shape index (κ1) is 15.5. The minimum absolute atomic E-state index is 0.520. The number of hydrogen-bond acceptors (Lipinski definition) is 3. The van der Waals surface area contributed by atoms with Gasteiger partial charge in [0.15, 0.2) is 5.65 Å². The molecule has 0 saturated heterocycles. The Morgan fingerprint density at radius 1 is 1.27 bits per heavy atom. The molecule has 0 saturated carbocycles. The number of fused-ring (bicyclic) bond motifs is 1. The molecule has 0 fully saturated rings. The van der Waals surface area contributed by atoms with Gasteiger partial charge in [0.05, 0.1) is 5.60 Å². The van der Waals surface area contributed by atoms with Crippen LogP contribution in [0.2, 0.25) is 5.02 Å². The summed E-state index contributed by atoms with van der Waals surface area (Å²) in [6.07, 6.45) is 1.75. The summed E-state index contributed by atoms with van der Waals surface area (Å²) in [5, 5.41) is 16.1. The molecule has 0 aliphatic rings. The van der Waals surface area contributed by atoms with Crippen molar-refractivity contribution in [3.63, 3.8) is 0 Å². The van der Waals surface area contributed by atoms with Crippen LogP contribution in [0.1, 0.15) is 19.4 Å². The SMILES string of the molecule is Cn1nc(-c2ccc(C(C)(C)O)c(Cl)c2)c2cc(Br)cnc21. The van der Waals surface area contributed by atoms with Gasteiger partial charge in [-0.2, -0.15) is 5.10 Å². The van der Waals surface area contributed by atoms with Crippen LogP contribution in [0.15, 0.2) is 34.9 Å². The van der Waals surface area contributed by atoms with E-state index in [0.717, 1.165) is 26.8 Å². The fraction of sp³-hybridized carbons (Fsp3) is 0.250. The Bertz CT molecular complexity index is 868. The highest BCUT2D eigenvalue weighted by atomic mass is 79.9. The summed E-state index contributed by atoms with van der Waals surface area (Å²) >= 11 is 9.78. The number of nitrogens with zero attached hydrogens (tertiary/aromatic N) is 3. The molecule has 0 aliphatic heterocycles. The summed E-state index contributed by atoms with van der Waals surface area (Å²) in [7, 11) is 1.86. The van der Waals surface area contributed by atoms with E-state index in [2.05, 4.69) is 26.0 Å². The second-order valence-corrected chi connectivity index (χ2v) is 7.07. The fourth-order valence-corrected chi connectivity index (χ4v) is 3.23. The van der Waals surface area contributed by atoms with E-state index in [9.17, 15) is 5.11 Å². The summed E-state index contributed by atoms with van der Waals surface area (Å²) in [5.74, 6) is 0. The van der Waals surface area contributed by atoms with E-state index in [1.165, 1.54) is 0 Å². The largest absolute Gasteiger partial charge is 0.386 e. The zero-order valence-electron chi connectivity index (χ0n) is 12.4. The average Bonchev–Trinajstić information content (AvgIpc) is 2.74. The maximum atomic E-state index is 10.1. The minimum atomic E-state index is -0.980. The van der Waals surface area contributed by atoms with Gasteiger partial charge in [0, 0.05) is 39.3 Å². The van der Waals surface area contributed by atoms with Gasteiger partial charge in [0.25, 0.3) is 0 Å². The second kappa shape index (κ2) is 5.33. The van der Waals surface area contributed by atoms with Crippen molar-refractivity contribution in [2.75, 3.05) is 0 Å². The molecule has 6 heteroatoms. The maximum absolute atomic E-state index is 10.1. The lowest BCUT2D eigenvalue weighted by atomic mass is 9.96. The van der Waals surface area contributed by atoms with Gasteiger partial charge in [-0.1, -0.05) is 23.7 Å². The Balaban J connectivity index is 2.20. The molecule has 1 N–H and O–H groups in total. The third-order valence-corrected chi connectivity index (χ3v) is 4.29. The van der Waals surface area contributed by atoms with Gasteiger partial charge in [-0.15, -0.1) is 0 Å². The van der Waals surface area contributed by atoms with Crippen molar-refractivity contribution < 1.29 is 5.11 Å². The van der Waals surface area contributed by atoms with E-state index in [1.807, 2.05) is 31.3 Å². The minimum Gasteiger partial charge on any atom is -0.386 e. The average molecular weight is 381 g/mol. The zero-order valence-corrected chi connectivity index (χ0v) is 14.8. The first-order chi connectivity index (χ1) is 10.3. The molecule has 22 heavy (non-hydrogen) atoms. The number of rotatable bonds is 2. The van der Waals surface area contributed by atoms with Crippen LogP contribution in [0.3, 0.4) is 0 Å². The Hall–Kier alpha value is -1.43. The molecule has 4 nitrogen and oxygen atoms in total.